The summed E-state index contributed by atoms with van der Waals surface area (Å²) in [5.41, 5.74) is 0.871. The van der Waals surface area contributed by atoms with Crippen LogP contribution in [0.1, 0.15) is 12.0 Å². The molecule has 1 heterocycles. The highest BCUT2D eigenvalue weighted by atomic mass is 16.1. The van der Waals surface area contributed by atoms with Crippen molar-refractivity contribution in [2.75, 3.05) is 13.1 Å². The SMILES string of the molecule is O=CNCCC[N+]#Cc1cccnc1. The van der Waals surface area contributed by atoms with E-state index in [4.69, 9.17) is 0 Å². The fraction of sp³-hybridized carbons (Fsp3) is 0.300. The average molecular weight is 190 g/mol. The number of pyridine rings is 1. The lowest BCUT2D eigenvalue weighted by molar-refractivity contribution is -0.109. The molecule has 1 aromatic rings. The molecule has 72 valence electrons. The number of hydrogen-bond acceptors (Lipinski definition) is 2. The monoisotopic (exact) mass is 190 g/mol. The topological polar surface area (TPSA) is 46.4 Å². The summed E-state index contributed by atoms with van der Waals surface area (Å²) in [6.07, 6.45) is 4.92. The van der Waals surface area contributed by atoms with Crippen molar-refractivity contribution in [2.45, 2.75) is 6.42 Å². The van der Waals surface area contributed by atoms with E-state index in [0.29, 0.717) is 19.5 Å². The second-order valence-corrected chi connectivity index (χ2v) is 2.66. The maximum absolute atomic E-state index is 9.89. The van der Waals surface area contributed by atoms with E-state index in [2.05, 4.69) is 21.2 Å². The third-order valence-electron chi connectivity index (χ3n) is 1.54. The Balaban J connectivity index is 2.24. The van der Waals surface area contributed by atoms with E-state index in [1.807, 2.05) is 12.1 Å². The third kappa shape index (κ3) is 4.21. The van der Waals surface area contributed by atoms with E-state index in [9.17, 15) is 4.79 Å². The minimum absolute atomic E-state index is 0.654. The van der Waals surface area contributed by atoms with Crippen LogP contribution in [-0.2, 0) is 4.79 Å². The quantitative estimate of drug-likeness (QED) is 0.566. The van der Waals surface area contributed by atoms with Gasteiger partial charge < -0.3 is 5.32 Å². The summed E-state index contributed by atoms with van der Waals surface area (Å²) < 4.78 is 0. The molecule has 0 spiro atoms. The molecule has 0 unspecified atom stereocenters. The number of carbonyl (C=O) groups excluding carboxylic acids is 1. The summed E-state index contributed by atoms with van der Waals surface area (Å²) in [7, 11) is 0. The molecule has 0 atom stereocenters. The summed E-state index contributed by atoms with van der Waals surface area (Å²) in [5.74, 6) is 0. The lowest BCUT2D eigenvalue weighted by Crippen LogP contribution is -2.12. The molecule has 0 saturated carbocycles. The van der Waals surface area contributed by atoms with Gasteiger partial charge in [0.1, 0.15) is 5.56 Å². The van der Waals surface area contributed by atoms with Gasteiger partial charge in [-0.15, -0.1) is 0 Å². The standard InChI is InChI=1S/C10H11N3O/c14-9-13-6-2-5-12-8-10-3-1-4-11-7-10/h1,3-4,7,9H,2,5-6H2/p+1. The van der Waals surface area contributed by atoms with Gasteiger partial charge >= 0.3 is 6.07 Å². The van der Waals surface area contributed by atoms with Gasteiger partial charge in [0, 0.05) is 25.4 Å². The maximum atomic E-state index is 9.89. The first kappa shape index (κ1) is 10.2. The number of amides is 1. The van der Waals surface area contributed by atoms with Crippen LogP contribution in [0.3, 0.4) is 0 Å². The van der Waals surface area contributed by atoms with Crippen LogP contribution in [0.25, 0.3) is 4.85 Å². The van der Waals surface area contributed by atoms with Crippen LogP contribution in [0.4, 0.5) is 0 Å². The van der Waals surface area contributed by atoms with Gasteiger partial charge in [0.15, 0.2) is 0 Å². The Bertz CT molecular complexity index is 326. The molecule has 0 radical (unpaired) electrons. The minimum Gasteiger partial charge on any atom is -0.358 e. The molecule has 1 rings (SSSR count). The summed E-state index contributed by atoms with van der Waals surface area (Å²) in [6, 6.07) is 6.60. The van der Waals surface area contributed by atoms with Gasteiger partial charge in [-0.1, -0.05) is 4.85 Å². The highest BCUT2D eigenvalue weighted by molar-refractivity contribution is 5.45. The van der Waals surface area contributed by atoms with Crippen molar-refractivity contribution < 1.29 is 4.79 Å². The number of nitrogens with zero attached hydrogens (tertiary/aromatic N) is 2. The number of carbonyl (C=O) groups is 1. The van der Waals surface area contributed by atoms with Crippen molar-refractivity contribution in [1.29, 1.82) is 0 Å². The third-order valence-corrected chi connectivity index (χ3v) is 1.54. The molecule has 0 aliphatic carbocycles. The summed E-state index contributed by atoms with van der Waals surface area (Å²) in [4.78, 5) is 17.9. The Morgan fingerprint density at radius 3 is 3.29 bits per heavy atom. The Hall–Kier alpha value is -1.89. The predicted octanol–water partition coefficient (Wildman–Crippen LogP) is 0.899. The minimum atomic E-state index is 0.654. The maximum Gasteiger partial charge on any atom is 0.312 e. The number of aromatic nitrogens is 1. The molecule has 0 bridgehead atoms. The van der Waals surface area contributed by atoms with Crippen molar-refractivity contribution >= 4 is 6.41 Å². The van der Waals surface area contributed by atoms with Crippen LogP contribution in [-0.4, -0.2) is 24.5 Å². The van der Waals surface area contributed by atoms with E-state index in [-0.39, 0.29) is 0 Å². The Morgan fingerprint density at radius 2 is 2.57 bits per heavy atom. The largest absolute Gasteiger partial charge is 0.358 e. The van der Waals surface area contributed by atoms with Crippen LogP contribution in [0.15, 0.2) is 24.5 Å². The summed E-state index contributed by atoms with van der Waals surface area (Å²) >= 11 is 0. The first-order valence-electron chi connectivity index (χ1n) is 4.43. The van der Waals surface area contributed by atoms with Gasteiger partial charge in [0.2, 0.25) is 6.41 Å². The van der Waals surface area contributed by atoms with Crippen molar-refractivity contribution in [3.63, 3.8) is 0 Å². The molecule has 0 fully saturated rings. The average Bonchev–Trinajstić information content (AvgIpc) is 2.25. The van der Waals surface area contributed by atoms with Gasteiger partial charge in [0.25, 0.3) is 6.54 Å². The zero-order chi connectivity index (χ0) is 10.1. The van der Waals surface area contributed by atoms with E-state index in [1.165, 1.54) is 0 Å². The van der Waals surface area contributed by atoms with Crippen molar-refractivity contribution in [2.24, 2.45) is 0 Å². The van der Waals surface area contributed by atoms with Gasteiger partial charge in [-0.05, 0) is 12.1 Å². The first-order chi connectivity index (χ1) is 6.93. The lowest BCUT2D eigenvalue weighted by atomic mass is 10.3. The highest BCUT2D eigenvalue weighted by Gasteiger charge is 1.94. The molecule has 0 aromatic carbocycles. The zero-order valence-corrected chi connectivity index (χ0v) is 7.81. The molecule has 0 saturated heterocycles. The molecule has 0 aliphatic rings. The van der Waals surface area contributed by atoms with E-state index in [1.54, 1.807) is 12.4 Å². The van der Waals surface area contributed by atoms with Crippen molar-refractivity contribution in [3.8, 4) is 6.07 Å². The van der Waals surface area contributed by atoms with Crippen LogP contribution >= 0.6 is 0 Å². The van der Waals surface area contributed by atoms with Crippen LogP contribution in [0.5, 0.6) is 0 Å². The zero-order valence-electron chi connectivity index (χ0n) is 7.81. The van der Waals surface area contributed by atoms with Crippen molar-refractivity contribution in [1.82, 2.24) is 10.3 Å². The van der Waals surface area contributed by atoms with Crippen molar-refractivity contribution in [3.05, 3.63) is 34.9 Å². The Morgan fingerprint density at radius 1 is 1.64 bits per heavy atom. The molecule has 14 heavy (non-hydrogen) atoms. The van der Waals surface area contributed by atoms with E-state index < -0.39 is 0 Å². The number of nitrogens with one attached hydrogen (secondary N) is 1. The molecular weight excluding hydrogens is 178 g/mol. The van der Waals surface area contributed by atoms with Gasteiger partial charge in [0.05, 0.1) is 0 Å². The Kier molecular flexibility index (Phi) is 4.81. The molecular formula is C10H12N3O+. The number of hydrogen-bond donors (Lipinski definition) is 1. The van der Waals surface area contributed by atoms with Gasteiger partial charge in [-0.2, -0.15) is 0 Å². The van der Waals surface area contributed by atoms with Gasteiger partial charge in [-0.25, -0.2) is 0 Å². The second kappa shape index (κ2) is 6.61. The van der Waals surface area contributed by atoms with E-state index in [0.717, 1.165) is 12.0 Å². The molecule has 1 aromatic heterocycles. The van der Waals surface area contributed by atoms with Crippen LogP contribution < -0.4 is 5.32 Å². The van der Waals surface area contributed by atoms with Gasteiger partial charge in [-0.3, -0.25) is 9.78 Å². The lowest BCUT2D eigenvalue weighted by Gasteiger charge is -1.86. The molecule has 1 N–H and O–H groups in total. The predicted molar refractivity (Wildman–Crippen MR) is 54.1 cm³/mol. The molecule has 0 aliphatic heterocycles. The van der Waals surface area contributed by atoms with Crippen LogP contribution in [0.2, 0.25) is 0 Å². The first-order valence-corrected chi connectivity index (χ1v) is 4.43. The molecule has 1 amide bonds. The fourth-order valence-electron chi connectivity index (χ4n) is 0.895. The molecule has 4 nitrogen and oxygen atoms in total. The number of rotatable bonds is 4. The van der Waals surface area contributed by atoms with Crippen LogP contribution in [0, 0.1) is 6.07 Å². The summed E-state index contributed by atoms with van der Waals surface area (Å²) in [6.45, 7) is 1.32. The second-order valence-electron chi connectivity index (χ2n) is 2.66. The summed E-state index contributed by atoms with van der Waals surface area (Å²) in [5, 5.41) is 2.57. The normalized spacial score (nSPS) is 8.57. The molecule has 4 heteroatoms. The van der Waals surface area contributed by atoms with E-state index >= 15 is 0 Å². The Labute approximate surface area is 82.8 Å². The smallest absolute Gasteiger partial charge is 0.312 e. The highest BCUT2D eigenvalue weighted by Crippen LogP contribution is 1.92. The fourth-order valence-corrected chi connectivity index (χ4v) is 0.895.